The zero-order valence-electron chi connectivity index (χ0n) is 13.1. The summed E-state index contributed by atoms with van der Waals surface area (Å²) in [6.45, 7) is 4.63. The van der Waals surface area contributed by atoms with Crippen LogP contribution in [0.3, 0.4) is 0 Å². The van der Waals surface area contributed by atoms with Crippen LogP contribution in [-0.2, 0) is 11.8 Å². The van der Waals surface area contributed by atoms with Crippen LogP contribution >= 0.6 is 0 Å². The lowest BCUT2D eigenvalue weighted by molar-refractivity contribution is -0.116. The minimum atomic E-state index is -0.145. The number of aryl methyl sites for hydroxylation is 2. The topological polar surface area (TPSA) is 67.2 Å². The Labute approximate surface area is 126 Å². The van der Waals surface area contributed by atoms with E-state index in [1.54, 1.807) is 6.08 Å². The lowest BCUT2D eigenvalue weighted by Crippen LogP contribution is -2.31. The Morgan fingerprint density at radius 3 is 2.62 bits per heavy atom. The molecule has 1 saturated carbocycles. The molecule has 0 aromatic carbocycles. The molecule has 1 heterocycles. The first-order chi connectivity index (χ1) is 9.97. The third-order valence-corrected chi connectivity index (χ3v) is 4.35. The second-order valence-corrected chi connectivity index (χ2v) is 5.96. The highest BCUT2D eigenvalue weighted by Gasteiger charge is 2.19. The van der Waals surface area contributed by atoms with Crippen LogP contribution in [-0.4, -0.2) is 33.4 Å². The summed E-state index contributed by atoms with van der Waals surface area (Å²) in [7, 11) is 1.90. The number of aliphatic hydroxyl groups excluding tert-OH is 1. The predicted molar refractivity (Wildman–Crippen MR) is 82.7 cm³/mol. The van der Waals surface area contributed by atoms with Crippen molar-refractivity contribution in [2.75, 3.05) is 6.54 Å². The Kier molecular flexibility index (Phi) is 5.17. The van der Waals surface area contributed by atoms with Crippen LogP contribution in [0.5, 0.6) is 0 Å². The highest BCUT2D eigenvalue weighted by Crippen LogP contribution is 2.23. The lowest BCUT2D eigenvalue weighted by Gasteiger charge is -2.25. The molecular formula is C16H25N3O2. The summed E-state index contributed by atoms with van der Waals surface area (Å²) < 4.78 is 1.82. The summed E-state index contributed by atoms with van der Waals surface area (Å²) >= 11 is 0. The van der Waals surface area contributed by atoms with Gasteiger partial charge in [0.1, 0.15) is 0 Å². The van der Waals surface area contributed by atoms with Gasteiger partial charge in [0.25, 0.3) is 0 Å². The zero-order valence-corrected chi connectivity index (χ0v) is 13.1. The van der Waals surface area contributed by atoms with Gasteiger partial charge in [-0.05, 0) is 51.5 Å². The van der Waals surface area contributed by atoms with Gasteiger partial charge in [-0.15, -0.1) is 0 Å². The minimum Gasteiger partial charge on any atom is -0.393 e. The standard InChI is InChI=1S/C16H25N3O2/c1-11-15(12(2)19(3)18-11)8-9-16(21)17-10-13-4-6-14(20)7-5-13/h8-9,13-14,20H,4-7,10H2,1-3H3,(H,17,21)/b9-8+. The van der Waals surface area contributed by atoms with Crippen molar-refractivity contribution in [1.29, 1.82) is 0 Å². The number of carbonyl (C=O) groups is 1. The Morgan fingerprint density at radius 2 is 2.05 bits per heavy atom. The SMILES string of the molecule is Cc1nn(C)c(C)c1/C=C/C(=O)NCC1CCC(O)CC1. The number of aliphatic hydroxyl groups is 1. The van der Waals surface area contributed by atoms with Crippen LogP contribution in [0.4, 0.5) is 0 Å². The average Bonchev–Trinajstić information content (AvgIpc) is 2.69. The molecular weight excluding hydrogens is 266 g/mol. The van der Waals surface area contributed by atoms with Gasteiger partial charge in [0.05, 0.1) is 11.8 Å². The molecule has 1 aliphatic carbocycles. The molecule has 1 fully saturated rings. The van der Waals surface area contributed by atoms with Crippen molar-refractivity contribution in [3.8, 4) is 0 Å². The van der Waals surface area contributed by atoms with Crippen LogP contribution in [0, 0.1) is 19.8 Å². The van der Waals surface area contributed by atoms with Crippen molar-refractivity contribution in [3.63, 3.8) is 0 Å². The second-order valence-electron chi connectivity index (χ2n) is 5.96. The molecule has 116 valence electrons. The maximum atomic E-state index is 11.9. The van der Waals surface area contributed by atoms with E-state index in [4.69, 9.17) is 0 Å². The molecule has 1 amide bonds. The van der Waals surface area contributed by atoms with E-state index in [2.05, 4.69) is 10.4 Å². The fourth-order valence-electron chi connectivity index (χ4n) is 2.84. The molecule has 1 aliphatic rings. The fourth-order valence-corrected chi connectivity index (χ4v) is 2.84. The quantitative estimate of drug-likeness (QED) is 0.830. The van der Waals surface area contributed by atoms with E-state index in [-0.39, 0.29) is 12.0 Å². The van der Waals surface area contributed by atoms with Crippen LogP contribution in [0.2, 0.25) is 0 Å². The number of hydrogen-bond acceptors (Lipinski definition) is 3. The van der Waals surface area contributed by atoms with Gasteiger partial charge in [0.15, 0.2) is 0 Å². The Morgan fingerprint density at radius 1 is 1.38 bits per heavy atom. The van der Waals surface area contributed by atoms with Crippen LogP contribution in [0.25, 0.3) is 6.08 Å². The lowest BCUT2D eigenvalue weighted by atomic mass is 9.87. The molecule has 0 aliphatic heterocycles. The molecule has 0 saturated heterocycles. The third kappa shape index (κ3) is 4.17. The molecule has 21 heavy (non-hydrogen) atoms. The summed E-state index contributed by atoms with van der Waals surface area (Å²) in [6, 6.07) is 0. The summed E-state index contributed by atoms with van der Waals surface area (Å²) in [6.07, 6.45) is 6.95. The summed E-state index contributed by atoms with van der Waals surface area (Å²) in [5.74, 6) is 0.427. The van der Waals surface area contributed by atoms with Crippen molar-refractivity contribution in [2.45, 2.75) is 45.6 Å². The van der Waals surface area contributed by atoms with Gasteiger partial charge < -0.3 is 10.4 Å². The van der Waals surface area contributed by atoms with Gasteiger partial charge in [0, 0.05) is 30.9 Å². The molecule has 5 nitrogen and oxygen atoms in total. The average molecular weight is 291 g/mol. The van der Waals surface area contributed by atoms with Gasteiger partial charge >= 0.3 is 0 Å². The number of aromatic nitrogens is 2. The van der Waals surface area contributed by atoms with Crippen LogP contribution in [0.1, 0.15) is 42.6 Å². The van der Waals surface area contributed by atoms with Gasteiger partial charge in [-0.25, -0.2) is 0 Å². The molecule has 0 radical (unpaired) electrons. The van der Waals surface area contributed by atoms with E-state index in [9.17, 15) is 9.90 Å². The van der Waals surface area contributed by atoms with Crippen LogP contribution in [0.15, 0.2) is 6.08 Å². The Hall–Kier alpha value is -1.62. The zero-order chi connectivity index (χ0) is 15.4. The Bertz CT molecular complexity index is 526. The van der Waals surface area contributed by atoms with E-state index in [0.29, 0.717) is 12.5 Å². The van der Waals surface area contributed by atoms with Gasteiger partial charge in [-0.1, -0.05) is 0 Å². The first-order valence-electron chi connectivity index (χ1n) is 7.61. The normalized spacial score (nSPS) is 22.7. The maximum Gasteiger partial charge on any atom is 0.244 e. The molecule has 5 heteroatoms. The number of hydrogen-bond donors (Lipinski definition) is 2. The number of nitrogens with zero attached hydrogens (tertiary/aromatic N) is 2. The fraction of sp³-hybridized carbons (Fsp3) is 0.625. The number of nitrogens with one attached hydrogen (secondary N) is 1. The van der Waals surface area contributed by atoms with E-state index >= 15 is 0 Å². The van der Waals surface area contributed by atoms with Crippen molar-refractivity contribution in [1.82, 2.24) is 15.1 Å². The van der Waals surface area contributed by atoms with Crippen molar-refractivity contribution >= 4 is 12.0 Å². The summed E-state index contributed by atoms with van der Waals surface area (Å²) in [4.78, 5) is 11.9. The molecule has 0 unspecified atom stereocenters. The molecule has 1 aromatic rings. The first kappa shape index (κ1) is 15.8. The van der Waals surface area contributed by atoms with E-state index in [0.717, 1.165) is 42.6 Å². The molecule has 0 bridgehead atoms. The van der Waals surface area contributed by atoms with E-state index in [1.165, 1.54) is 0 Å². The maximum absolute atomic E-state index is 11.9. The third-order valence-electron chi connectivity index (χ3n) is 4.35. The smallest absolute Gasteiger partial charge is 0.244 e. The van der Waals surface area contributed by atoms with Crippen molar-refractivity contribution in [3.05, 3.63) is 23.0 Å². The second kappa shape index (κ2) is 6.89. The molecule has 2 rings (SSSR count). The molecule has 0 spiro atoms. The summed E-state index contributed by atoms with van der Waals surface area (Å²) in [5, 5.41) is 16.7. The minimum absolute atomic E-state index is 0.0659. The van der Waals surface area contributed by atoms with Crippen molar-refractivity contribution < 1.29 is 9.90 Å². The van der Waals surface area contributed by atoms with E-state index in [1.807, 2.05) is 31.7 Å². The Balaban J connectivity index is 1.83. The summed E-state index contributed by atoms with van der Waals surface area (Å²) in [5.41, 5.74) is 2.99. The highest BCUT2D eigenvalue weighted by atomic mass is 16.3. The molecule has 2 N–H and O–H groups in total. The molecule has 0 atom stereocenters. The van der Waals surface area contributed by atoms with Gasteiger partial charge in [-0.3, -0.25) is 9.48 Å². The van der Waals surface area contributed by atoms with Gasteiger partial charge in [-0.2, -0.15) is 5.10 Å². The number of amides is 1. The largest absolute Gasteiger partial charge is 0.393 e. The van der Waals surface area contributed by atoms with Crippen LogP contribution < -0.4 is 5.32 Å². The highest BCUT2D eigenvalue weighted by molar-refractivity contribution is 5.91. The number of rotatable bonds is 4. The van der Waals surface area contributed by atoms with Crippen molar-refractivity contribution in [2.24, 2.45) is 13.0 Å². The molecule has 1 aromatic heterocycles. The predicted octanol–water partition coefficient (Wildman–Crippen LogP) is 1.72. The monoisotopic (exact) mass is 291 g/mol. The van der Waals surface area contributed by atoms with E-state index < -0.39 is 0 Å². The number of carbonyl (C=O) groups excluding carboxylic acids is 1. The first-order valence-corrected chi connectivity index (χ1v) is 7.61. The van der Waals surface area contributed by atoms with Gasteiger partial charge in [0.2, 0.25) is 5.91 Å².